The second kappa shape index (κ2) is 4.13. The van der Waals surface area contributed by atoms with Crippen LogP contribution < -0.4 is 5.32 Å². The largest absolute Gasteiger partial charge is 0.317 e. The maximum Gasteiger partial charge on any atom is 0.0489 e. The van der Waals surface area contributed by atoms with E-state index in [1.54, 1.807) is 0 Å². The lowest BCUT2D eigenvalue weighted by Gasteiger charge is -2.08. The predicted molar refractivity (Wildman–Crippen MR) is 45.4 cm³/mol. The minimum Gasteiger partial charge on any atom is -0.317 e. The molecule has 1 rings (SSSR count). The van der Waals surface area contributed by atoms with Gasteiger partial charge in [0.25, 0.3) is 0 Å². The fourth-order valence-electron chi connectivity index (χ4n) is 0.903. The van der Waals surface area contributed by atoms with Crippen molar-refractivity contribution in [3.05, 3.63) is 18.5 Å². The molecule has 11 heavy (non-hydrogen) atoms. The van der Waals surface area contributed by atoms with E-state index in [9.17, 15) is 0 Å². The Bertz CT molecular complexity index is 181. The molecule has 3 nitrogen and oxygen atoms in total. The summed E-state index contributed by atoms with van der Waals surface area (Å²) in [5, 5.41) is 7.30. The molecule has 1 unspecified atom stereocenters. The Hall–Kier alpha value is -0.830. The molecule has 3 heteroatoms. The first-order chi connectivity index (χ1) is 5.33. The minimum atomic E-state index is 0.569. The predicted octanol–water partition coefficient (Wildman–Crippen LogP) is 0.881. The van der Waals surface area contributed by atoms with Crippen LogP contribution in [-0.4, -0.2) is 22.9 Å². The molecule has 0 aromatic carbocycles. The quantitative estimate of drug-likeness (QED) is 0.696. The van der Waals surface area contributed by atoms with Gasteiger partial charge in [-0.2, -0.15) is 5.10 Å². The molecule has 0 saturated carbocycles. The molecule has 0 bridgehead atoms. The normalized spacial score (nSPS) is 13.3. The highest BCUT2D eigenvalue weighted by Crippen LogP contribution is 1.93. The van der Waals surface area contributed by atoms with Crippen LogP contribution in [0, 0.1) is 0 Å². The average Bonchev–Trinajstić information content (AvgIpc) is 2.52. The molecule has 1 aromatic heterocycles. The van der Waals surface area contributed by atoms with E-state index in [-0.39, 0.29) is 0 Å². The van der Waals surface area contributed by atoms with Crippen molar-refractivity contribution in [2.75, 3.05) is 7.05 Å². The molecule has 0 spiro atoms. The van der Waals surface area contributed by atoms with Crippen LogP contribution in [0.5, 0.6) is 0 Å². The van der Waals surface area contributed by atoms with Gasteiger partial charge in [-0.3, -0.25) is 4.68 Å². The Labute approximate surface area is 67.4 Å². The van der Waals surface area contributed by atoms with Gasteiger partial charge in [-0.15, -0.1) is 0 Å². The first kappa shape index (κ1) is 8.27. The Balaban J connectivity index is 2.23. The summed E-state index contributed by atoms with van der Waals surface area (Å²) in [5.41, 5.74) is 0. The molecule has 0 aliphatic carbocycles. The number of nitrogens with one attached hydrogen (secondary N) is 1. The van der Waals surface area contributed by atoms with E-state index >= 15 is 0 Å². The van der Waals surface area contributed by atoms with Crippen molar-refractivity contribution in [1.82, 2.24) is 15.1 Å². The van der Waals surface area contributed by atoms with Crippen molar-refractivity contribution >= 4 is 0 Å². The first-order valence-electron chi connectivity index (χ1n) is 3.97. The van der Waals surface area contributed by atoms with Crippen LogP contribution in [-0.2, 0) is 6.54 Å². The van der Waals surface area contributed by atoms with Gasteiger partial charge in [0.15, 0.2) is 0 Å². The van der Waals surface area contributed by atoms with Crippen molar-refractivity contribution < 1.29 is 0 Å². The highest BCUT2D eigenvalue weighted by molar-refractivity contribution is 4.77. The molecule has 0 fully saturated rings. The van der Waals surface area contributed by atoms with Crippen LogP contribution >= 0.6 is 0 Å². The molecule has 1 atom stereocenters. The van der Waals surface area contributed by atoms with Gasteiger partial charge >= 0.3 is 0 Å². The zero-order chi connectivity index (χ0) is 8.10. The average molecular weight is 153 g/mol. The number of nitrogens with zero attached hydrogens (tertiary/aromatic N) is 2. The molecule has 0 saturated heterocycles. The number of rotatable bonds is 4. The topological polar surface area (TPSA) is 29.9 Å². The van der Waals surface area contributed by atoms with Gasteiger partial charge in [-0.25, -0.2) is 0 Å². The van der Waals surface area contributed by atoms with Gasteiger partial charge in [-0.1, -0.05) is 0 Å². The summed E-state index contributed by atoms with van der Waals surface area (Å²) in [6, 6.07) is 2.52. The summed E-state index contributed by atoms with van der Waals surface area (Å²) in [6.07, 6.45) is 4.92. The lowest BCUT2D eigenvalue weighted by Crippen LogP contribution is -2.22. The molecule has 1 aromatic rings. The third-order valence-electron chi connectivity index (χ3n) is 1.84. The zero-order valence-corrected chi connectivity index (χ0v) is 7.12. The van der Waals surface area contributed by atoms with Gasteiger partial charge in [0, 0.05) is 25.0 Å². The highest BCUT2D eigenvalue weighted by Gasteiger charge is 1.97. The van der Waals surface area contributed by atoms with Gasteiger partial charge in [0.1, 0.15) is 0 Å². The molecule has 1 N–H and O–H groups in total. The van der Waals surface area contributed by atoms with E-state index in [0.29, 0.717) is 6.04 Å². The van der Waals surface area contributed by atoms with Crippen molar-refractivity contribution in [1.29, 1.82) is 0 Å². The summed E-state index contributed by atoms with van der Waals surface area (Å²) in [6.45, 7) is 3.17. The molecule has 62 valence electrons. The summed E-state index contributed by atoms with van der Waals surface area (Å²) in [5.74, 6) is 0. The van der Waals surface area contributed by atoms with Gasteiger partial charge in [0.05, 0.1) is 0 Å². The number of aromatic nitrogens is 2. The van der Waals surface area contributed by atoms with Crippen LogP contribution in [0.1, 0.15) is 13.3 Å². The second-order valence-electron chi connectivity index (χ2n) is 2.75. The van der Waals surface area contributed by atoms with E-state index in [1.165, 1.54) is 0 Å². The van der Waals surface area contributed by atoms with Crippen LogP contribution in [0.15, 0.2) is 18.5 Å². The molecular weight excluding hydrogens is 138 g/mol. The fraction of sp³-hybridized carbons (Fsp3) is 0.625. The van der Waals surface area contributed by atoms with E-state index in [2.05, 4.69) is 17.3 Å². The van der Waals surface area contributed by atoms with E-state index in [1.807, 2.05) is 30.2 Å². The summed E-state index contributed by atoms with van der Waals surface area (Å²) >= 11 is 0. The number of hydrogen-bond acceptors (Lipinski definition) is 2. The van der Waals surface area contributed by atoms with Crippen LogP contribution in [0.3, 0.4) is 0 Å². The Kier molecular flexibility index (Phi) is 3.11. The van der Waals surface area contributed by atoms with Gasteiger partial charge in [0.2, 0.25) is 0 Å². The number of hydrogen-bond donors (Lipinski definition) is 1. The number of aryl methyl sites for hydroxylation is 1. The fourth-order valence-corrected chi connectivity index (χ4v) is 0.903. The van der Waals surface area contributed by atoms with Crippen molar-refractivity contribution in [2.45, 2.75) is 25.9 Å². The molecule has 0 radical (unpaired) electrons. The molecule has 0 amide bonds. The third kappa shape index (κ3) is 2.72. The zero-order valence-electron chi connectivity index (χ0n) is 7.12. The van der Waals surface area contributed by atoms with Crippen LogP contribution in [0.2, 0.25) is 0 Å². The summed E-state index contributed by atoms with van der Waals surface area (Å²) < 4.78 is 1.95. The standard InChI is InChI=1S/C8H15N3/c1-8(9-2)4-7-11-6-3-5-10-11/h3,5-6,8-9H,4,7H2,1-2H3. The monoisotopic (exact) mass is 153 g/mol. The Morgan fingerprint density at radius 2 is 2.45 bits per heavy atom. The van der Waals surface area contributed by atoms with Crippen molar-refractivity contribution in [2.24, 2.45) is 0 Å². The summed E-state index contributed by atoms with van der Waals surface area (Å²) in [4.78, 5) is 0. The lowest BCUT2D eigenvalue weighted by molar-refractivity contribution is 0.485. The molecule has 0 aliphatic heterocycles. The molecule has 1 heterocycles. The Morgan fingerprint density at radius 3 is 3.00 bits per heavy atom. The third-order valence-corrected chi connectivity index (χ3v) is 1.84. The molecule has 0 aliphatic rings. The van der Waals surface area contributed by atoms with Crippen LogP contribution in [0.25, 0.3) is 0 Å². The molecular formula is C8H15N3. The highest BCUT2D eigenvalue weighted by atomic mass is 15.3. The Morgan fingerprint density at radius 1 is 1.64 bits per heavy atom. The lowest BCUT2D eigenvalue weighted by atomic mass is 10.2. The van der Waals surface area contributed by atoms with E-state index in [0.717, 1.165) is 13.0 Å². The maximum atomic E-state index is 4.11. The van der Waals surface area contributed by atoms with Crippen molar-refractivity contribution in [3.8, 4) is 0 Å². The van der Waals surface area contributed by atoms with Gasteiger partial charge < -0.3 is 5.32 Å². The van der Waals surface area contributed by atoms with E-state index < -0.39 is 0 Å². The maximum absolute atomic E-state index is 4.11. The summed E-state index contributed by atoms with van der Waals surface area (Å²) in [7, 11) is 1.98. The minimum absolute atomic E-state index is 0.569. The first-order valence-corrected chi connectivity index (χ1v) is 3.97. The van der Waals surface area contributed by atoms with Crippen molar-refractivity contribution in [3.63, 3.8) is 0 Å². The smallest absolute Gasteiger partial charge is 0.0489 e. The SMILES string of the molecule is CNC(C)CCn1cccn1. The second-order valence-corrected chi connectivity index (χ2v) is 2.75. The van der Waals surface area contributed by atoms with Crippen LogP contribution in [0.4, 0.5) is 0 Å². The van der Waals surface area contributed by atoms with Gasteiger partial charge in [-0.05, 0) is 26.5 Å². The van der Waals surface area contributed by atoms with E-state index in [4.69, 9.17) is 0 Å².